The van der Waals surface area contributed by atoms with Crippen LogP contribution in [0.2, 0.25) is 0 Å². The van der Waals surface area contributed by atoms with Crippen molar-refractivity contribution in [3.63, 3.8) is 0 Å². The van der Waals surface area contributed by atoms with Crippen molar-refractivity contribution in [2.24, 2.45) is 0 Å². The molecule has 0 fully saturated rings. The summed E-state index contributed by atoms with van der Waals surface area (Å²) in [5, 5.41) is 2.68. The van der Waals surface area contributed by atoms with E-state index in [4.69, 9.17) is 0 Å². The fourth-order valence-corrected chi connectivity index (χ4v) is 3.32. The highest BCUT2D eigenvalue weighted by Crippen LogP contribution is 2.10. The molecule has 0 spiro atoms. The van der Waals surface area contributed by atoms with Gasteiger partial charge in [-0.05, 0) is 35.4 Å². The number of pyridine rings is 1. The van der Waals surface area contributed by atoms with Crippen molar-refractivity contribution in [1.29, 1.82) is 0 Å². The second-order valence-corrected chi connectivity index (χ2v) is 7.02. The summed E-state index contributed by atoms with van der Waals surface area (Å²) >= 11 is 0. The monoisotopic (exact) mass is 418 g/mol. The molecule has 1 amide bonds. The van der Waals surface area contributed by atoms with Gasteiger partial charge in [0.2, 0.25) is 5.91 Å². The minimum atomic E-state index is -0.798. The number of nitrogens with zero attached hydrogens (tertiary/aromatic N) is 3. The SMILES string of the molecule is O=C(Cn1c(=O)c(=O)n(Cc2ccccc2)c2ncccc21)NCc1ccc(F)cc1. The van der Waals surface area contributed by atoms with Crippen LogP contribution in [0.15, 0.2) is 82.5 Å². The Morgan fingerprint density at radius 2 is 1.58 bits per heavy atom. The van der Waals surface area contributed by atoms with E-state index >= 15 is 0 Å². The number of hydrogen-bond acceptors (Lipinski definition) is 4. The van der Waals surface area contributed by atoms with E-state index in [1.807, 2.05) is 30.3 Å². The number of carbonyl (C=O) groups excluding carboxylic acids is 1. The van der Waals surface area contributed by atoms with E-state index in [1.165, 1.54) is 22.9 Å². The molecule has 31 heavy (non-hydrogen) atoms. The van der Waals surface area contributed by atoms with Gasteiger partial charge in [-0.15, -0.1) is 0 Å². The zero-order chi connectivity index (χ0) is 21.8. The standard InChI is InChI=1S/C23H19FN4O3/c24-18-10-8-16(9-11-18)13-26-20(29)15-27-19-7-4-12-25-21(19)28(23(31)22(27)30)14-17-5-2-1-3-6-17/h1-12H,13-15H2,(H,26,29). The van der Waals surface area contributed by atoms with Gasteiger partial charge in [-0.25, -0.2) is 9.37 Å². The van der Waals surface area contributed by atoms with Crippen LogP contribution in [0.25, 0.3) is 11.2 Å². The van der Waals surface area contributed by atoms with Gasteiger partial charge in [0.1, 0.15) is 12.4 Å². The van der Waals surface area contributed by atoms with Crippen LogP contribution in [0.5, 0.6) is 0 Å². The lowest BCUT2D eigenvalue weighted by Gasteiger charge is -2.14. The number of amides is 1. The maximum Gasteiger partial charge on any atom is 0.318 e. The highest BCUT2D eigenvalue weighted by molar-refractivity contribution is 5.78. The Labute approximate surface area is 176 Å². The molecule has 0 aliphatic carbocycles. The Kier molecular flexibility index (Phi) is 5.70. The summed E-state index contributed by atoms with van der Waals surface area (Å²) in [6.07, 6.45) is 1.53. The Bertz CT molecular complexity index is 1350. The van der Waals surface area contributed by atoms with E-state index in [-0.39, 0.29) is 25.5 Å². The summed E-state index contributed by atoms with van der Waals surface area (Å²) in [4.78, 5) is 42.4. The van der Waals surface area contributed by atoms with Crippen molar-refractivity contribution >= 4 is 17.1 Å². The van der Waals surface area contributed by atoms with Crippen LogP contribution in [0.1, 0.15) is 11.1 Å². The maximum absolute atomic E-state index is 13.0. The van der Waals surface area contributed by atoms with E-state index in [1.54, 1.807) is 24.3 Å². The van der Waals surface area contributed by atoms with Gasteiger partial charge >= 0.3 is 11.1 Å². The summed E-state index contributed by atoms with van der Waals surface area (Å²) in [6, 6.07) is 18.3. The van der Waals surface area contributed by atoms with E-state index in [0.717, 1.165) is 10.1 Å². The van der Waals surface area contributed by atoms with E-state index in [9.17, 15) is 18.8 Å². The van der Waals surface area contributed by atoms with Gasteiger partial charge in [-0.2, -0.15) is 0 Å². The molecular formula is C23H19FN4O3. The number of fused-ring (bicyclic) bond motifs is 1. The number of halogens is 1. The summed E-state index contributed by atoms with van der Waals surface area (Å²) in [7, 11) is 0. The van der Waals surface area contributed by atoms with E-state index < -0.39 is 17.0 Å². The van der Waals surface area contributed by atoms with E-state index in [0.29, 0.717) is 16.7 Å². The first kappa shape index (κ1) is 20.2. The summed E-state index contributed by atoms with van der Waals surface area (Å²) < 4.78 is 15.5. The molecule has 156 valence electrons. The quantitative estimate of drug-likeness (QED) is 0.486. The zero-order valence-corrected chi connectivity index (χ0v) is 16.5. The zero-order valence-electron chi connectivity index (χ0n) is 16.5. The third kappa shape index (κ3) is 4.42. The highest BCUT2D eigenvalue weighted by Gasteiger charge is 2.16. The molecule has 4 rings (SSSR count). The van der Waals surface area contributed by atoms with Crippen LogP contribution in [0, 0.1) is 5.82 Å². The Morgan fingerprint density at radius 1 is 0.871 bits per heavy atom. The van der Waals surface area contributed by atoms with Crippen molar-refractivity contribution in [2.45, 2.75) is 19.6 Å². The summed E-state index contributed by atoms with van der Waals surface area (Å²) in [5.74, 6) is -0.812. The van der Waals surface area contributed by atoms with Crippen LogP contribution >= 0.6 is 0 Å². The van der Waals surface area contributed by atoms with Crippen LogP contribution in [-0.4, -0.2) is 20.0 Å². The molecule has 0 aliphatic rings. The molecule has 1 N–H and O–H groups in total. The van der Waals surface area contributed by atoms with Crippen molar-refractivity contribution in [2.75, 3.05) is 0 Å². The predicted octanol–water partition coefficient (Wildman–Crippen LogP) is 2.06. The Balaban J connectivity index is 1.64. The second kappa shape index (κ2) is 8.74. The molecule has 0 atom stereocenters. The van der Waals surface area contributed by atoms with Crippen molar-refractivity contribution in [3.05, 3.63) is 111 Å². The fourth-order valence-electron chi connectivity index (χ4n) is 3.32. The number of benzene rings is 2. The summed E-state index contributed by atoms with van der Waals surface area (Å²) in [5.41, 5.74) is 0.731. The van der Waals surface area contributed by atoms with Crippen molar-refractivity contribution < 1.29 is 9.18 Å². The van der Waals surface area contributed by atoms with Gasteiger partial charge in [0.05, 0.1) is 12.1 Å². The van der Waals surface area contributed by atoms with Gasteiger partial charge < -0.3 is 5.32 Å². The lowest BCUT2D eigenvalue weighted by atomic mass is 10.2. The Morgan fingerprint density at radius 3 is 2.32 bits per heavy atom. The summed E-state index contributed by atoms with van der Waals surface area (Å²) in [6.45, 7) is 0.0405. The van der Waals surface area contributed by atoms with Gasteiger partial charge in [0.25, 0.3) is 0 Å². The third-order valence-electron chi connectivity index (χ3n) is 4.87. The smallest absolute Gasteiger partial charge is 0.318 e. The van der Waals surface area contributed by atoms with E-state index in [2.05, 4.69) is 10.3 Å². The fraction of sp³-hybridized carbons (Fsp3) is 0.130. The van der Waals surface area contributed by atoms with Crippen molar-refractivity contribution in [3.8, 4) is 0 Å². The average Bonchev–Trinajstić information content (AvgIpc) is 2.80. The minimum absolute atomic E-state index is 0.176. The Hall–Kier alpha value is -4.07. The molecule has 0 aliphatic heterocycles. The molecule has 7 nitrogen and oxygen atoms in total. The van der Waals surface area contributed by atoms with Crippen LogP contribution in [0.4, 0.5) is 4.39 Å². The molecule has 2 aromatic heterocycles. The number of nitrogens with one attached hydrogen (secondary N) is 1. The molecule has 0 saturated heterocycles. The third-order valence-corrected chi connectivity index (χ3v) is 4.87. The van der Waals surface area contributed by atoms with Gasteiger partial charge in [-0.1, -0.05) is 42.5 Å². The number of carbonyl (C=O) groups is 1. The molecule has 8 heteroatoms. The molecule has 2 heterocycles. The van der Waals surface area contributed by atoms with Crippen LogP contribution in [0.3, 0.4) is 0 Å². The molecule has 0 saturated carbocycles. The molecular weight excluding hydrogens is 399 g/mol. The number of hydrogen-bond donors (Lipinski definition) is 1. The molecule has 0 unspecified atom stereocenters. The molecule has 0 radical (unpaired) electrons. The second-order valence-electron chi connectivity index (χ2n) is 7.02. The number of aromatic nitrogens is 3. The largest absolute Gasteiger partial charge is 0.350 e. The minimum Gasteiger partial charge on any atom is -0.350 e. The molecule has 4 aromatic rings. The van der Waals surface area contributed by atoms with Gasteiger partial charge in [-0.3, -0.25) is 23.5 Å². The number of rotatable bonds is 6. The normalized spacial score (nSPS) is 10.9. The van der Waals surface area contributed by atoms with Crippen LogP contribution in [-0.2, 0) is 24.4 Å². The predicted molar refractivity (Wildman–Crippen MR) is 114 cm³/mol. The lowest BCUT2D eigenvalue weighted by molar-refractivity contribution is -0.121. The topological polar surface area (TPSA) is 86.0 Å². The molecule has 0 bridgehead atoms. The maximum atomic E-state index is 13.0. The first-order valence-electron chi connectivity index (χ1n) is 9.66. The first-order chi connectivity index (χ1) is 15.0. The van der Waals surface area contributed by atoms with Gasteiger partial charge in [0.15, 0.2) is 5.65 Å². The van der Waals surface area contributed by atoms with Crippen molar-refractivity contribution in [1.82, 2.24) is 19.4 Å². The first-order valence-corrected chi connectivity index (χ1v) is 9.66. The average molecular weight is 418 g/mol. The molecule has 2 aromatic carbocycles. The lowest BCUT2D eigenvalue weighted by Crippen LogP contribution is -2.44. The highest BCUT2D eigenvalue weighted by atomic mass is 19.1. The van der Waals surface area contributed by atoms with Gasteiger partial charge in [0, 0.05) is 12.7 Å². The van der Waals surface area contributed by atoms with Crippen LogP contribution < -0.4 is 16.4 Å².